The third-order valence-electron chi connectivity index (χ3n) is 3.11. The summed E-state index contributed by atoms with van der Waals surface area (Å²) in [5, 5.41) is 0.211. The van der Waals surface area contributed by atoms with E-state index in [1.165, 1.54) is 24.7 Å². The van der Waals surface area contributed by atoms with E-state index >= 15 is 0 Å². The summed E-state index contributed by atoms with van der Waals surface area (Å²) in [6, 6.07) is 1.43. The fraction of sp³-hybridized carbons (Fsp3) is 0.385. The van der Waals surface area contributed by atoms with Crippen LogP contribution in [0, 0.1) is 6.92 Å². The average molecular weight is 277 g/mol. The molecule has 0 aliphatic heterocycles. The first-order valence-corrected chi connectivity index (χ1v) is 6.13. The van der Waals surface area contributed by atoms with Crippen LogP contribution >= 0.6 is 0 Å². The summed E-state index contributed by atoms with van der Waals surface area (Å²) in [6.45, 7) is 3.57. The Bertz CT molecular complexity index is 817. The van der Waals surface area contributed by atoms with Crippen LogP contribution in [-0.2, 0) is 18.8 Å². The van der Waals surface area contributed by atoms with Crippen LogP contribution in [0.2, 0.25) is 0 Å². The van der Waals surface area contributed by atoms with Gasteiger partial charge in [0.15, 0.2) is 0 Å². The van der Waals surface area contributed by atoms with Crippen molar-refractivity contribution in [2.24, 2.45) is 14.1 Å². The van der Waals surface area contributed by atoms with Crippen LogP contribution in [-0.4, -0.2) is 26.7 Å². The molecule has 0 aliphatic rings. The standard InChI is InChI=1S/C13H15N3O4/c1-5-20-12(18)8-6-9-10(14-7(8)2)15(3)13(19)16(4)11(9)17/h6H,5H2,1-4H3. The fourth-order valence-electron chi connectivity index (χ4n) is 2.00. The van der Waals surface area contributed by atoms with Gasteiger partial charge in [0.05, 0.1) is 23.3 Å². The highest BCUT2D eigenvalue weighted by Gasteiger charge is 2.17. The van der Waals surface area contributed by atoms with E-state index < -0.39 is 17.2 Å². The van der Waals surface area contributed by atoms with Crippen molar-refractivity contribution in [1.29, 1.82) is 0 Å². The van der Waals surface area contributed by atoms with Gasteiger partial charge in [-0.15, -0.1) is 0 Å². The largest absolute Gasteiger partial charge is 0.462 e. The summed E-state index contributed by atoms with van der Waals surface area (Å²) < 4.78 is 7.18. The number of esters is 1. The van der Waals surface area contributed by atoms with Crippen LogP contribution in [0.4, 0.5) is 0 Å². The molecule has 20 heavy (non-hydrogen) atoms. The molecule has 7 heteroatoms. The molecule has 0 N–H and O–H groups in total. The lowest BCUT2D eigenvalue weighted by molar-refractivity contribution is 0.0525. The molecular weight excluding hydrogens is 262 g/mol. The monoisotopic (exact) mass is 277 g/mol. The SMILES string of the molecule is CCOC(=O)c1cc2c(=O)n(C)c(=O)n(C)c2nc1C. The lowest BCUT2D eigenvalue weighted by Gasteiger charge is -2.10. The van der Waals surface area contributed by atoms with Crippen LogP contribution < -0.4 is 11.2 Å². The number of carbonyl (C=O) groups is 1. The molecule has 0 unspecified atom stereocenters. The summed E-state index contributed by atoms with van der Waals surface area (Å²) in [7, 11) is 2.91. The van der Waals surface area contributed by atoms with E-state index in [4.69, 9.17) is 4.74 Å². The third-order valence-corrected chi connectivity index (χ3v) is 3.11. The van der Waals surface area contributed by atoms with Crippen molar-refractivity contribution in [1.82, 2.24) is 14.1 Å². The molecule has 0 spiro atoms. The Balaban J connectivity index is 2.87. The van der Waals surface area contributed by atoms with Crippen molar-refractivity contribution in [3.8, 4) is 0 Å². The molecule has 106 valence electrons. The maximum absolute atomic E-state index is 12.1. The minimum atomic E-state index is -0.532. The molecule has 2 rings (SSSR count). The van der Waals surface area contributed by atoms with Crippen molar-refractivity contribution in [3.63, 3.8) is 0 Å². The Morgan fingerprint density at radius 1 is 1.30 bits per heavy atom. The van der Waals surface area contributed by atoms with Gasteiger partial charge in [-0.2, -0.15) is 0 Å². The van der Waals surface area contributed by atoms with E-state index in [9.17, 15) is 14.4 Å². The predicted octanol–water partition coefficient (Wildman–Crippen LogP) is 0.117. The Morgan fingerprint density at radius 2 is 1.95 bits per heavy atom. The Hall–Kier alpha value is -2.44. The molecule has 0 amide bonds. The van der Waals surface area contributed by atoms with Crippen LogP contribution in [0.25, 0.3) is 11.0 Å². The first-order valence-electron chi connectivity index (χ1n) is 6.13. The molecule has 0 aromatic carbocycles. The van der Waals surface area contributed by atoms with E-state index in [0.29, 0.717) is 5.69 Å². The molecule has 2 aromatic heterocycles. The Morgan fingerprint density at radius 3 is 2.55 bits per heavy atom. The average Bonchev–Trinajstić information content (AvgIpc) is 2.42. The van der Waals surface area contributed by atoms with Gasteiger partial charge in [-0.1, -0.05) is 0 Å². The second kappa shape index (κ2) is 4.92. The number of hydrogen-bond donors (Lipinski definition) is 0. The molecule has 2 aromatic rings. The van der Waals surface area contributed by atoms with Crippen LogP contribution in [0.5, 0.6) is 0 Å². The van der Waals surface area contributed by atoms with Gasteiger partial charge < -0.3 is 4.74 Å². The minimum Gasteiger partial charge on any atom is -0.462 e. The maximum atomic E-state index is 12.1. The first-order chi connectivity index (χ1) is 9.38. The first kappa shape index (κ1) is 14.0. The molecular formula is C13H15N3O4. The van der Waals surface area contributed by atoms with E-state index in [-0.39, 0.29) is 23.2 Å². The van der Waals surface area contributed by atoms with E-state index in [0.717, 1.165) is 4.57 Å². The highest BCUT2D eigenvalue weighted by Crippen LogP contribution is 2.13. The highest BCUT2D eigenvalue weighted by atomic mass is 16.5. The van der Waals surface area contributed by atoms with Crippen molar-refractivity contribution in [3.05, 3.63) is 38.2 Å². The zero-order valence-corrected chi connectivity index (χ0v) is 11.8. The zero-order chi connectivity index (χ0) is 15.0. The second-order valence-corrected chi connectivity index (χ2v) is 4.42. The Labute approximate surface area is 114 Å². The summed E-state index contributed by atoms with van der Waals surface area (Å²) in [6.07, 6.45) is 0. The van der Waals surface area contributed by atoms with Crippen molar-refractivity contribution in [2.45, 2.75) is 13.8 Å². The van der Waals surface area contributed by atoms with Gasteiger partial charge in [-0.05, 0) is 19.9 Å². The number of hydrogen-bond acceptors (Lipinski definition) is 5. The van der Waals surface area contributed by atoms with Crippen molar-refractivity contribution >= 4 is 17.0 Å². The van der Waals surface area contributed by atoms with Gasteiger partial charge in [0.25, 0.3) is 5.56 Å². The van der Waals surface area contributed by atoms with E-state index in [1.807, 2.05) is 0 Å². The van der Waals surface area contributed by atoms with Crippen molar-refractivity contribution < 1.29 is 9.53 Å². The summed E-state index contributed by atoms with van der Waals surface area (Å²) in [5.74, 6) is -0.532. The number of fused-ring (bicyclic) bond motifs is 1. The number of aryl methyl sites for hydroxylation is 2. The Kier molecular flexibility index (Phi) is 3.44. The van der Waals surface area contributed by atoms with Gasteiger partial charge in [0.2, 0.25) is 0 Å². The quantitative estimate of drug-likeness (QED) is 0.728. The van der Waals surface area contributed by atoms with Gasteiger partial charge in [-0.3, -0.25) is 13.9 Å². The van der Waals surface area contributed by atoms with E-state index in [2.05, 4.69) is 4.98 Å². The molecule has 0 aliphatic carbocycles. The topological polar surface area (TPSA) is 83.2 Å². The smallest absolute Gasteiger partial charge is 0.339 e. The predicted molar refractivity (Wildman–Crippen MR) is 72.9 cm³/mol. The molecule has 0 bridgehead atoms. The molecule has 0 saturated carbocycles. The minimum absolute atomic E-state index is 0.211. The molecule has 0 radical (unpaired) electrons. The normalized spacial score (nSPS) is 10.8. The van der Waals surface area contributed by atoms with Gasteiger partial charge in [0, 0.05) is 14.1 Å². The van der Waals surface area contributed by atoms with Gasteiger partial charge in [0.1, 0.15) is 5.65 Å². The van der Waals surface area contributed by atoms with Crippen LogP contribution in [0.15, 0.2) is 15.7 Å². The molecule has 0 atom stereocenters. The number of aromatic nitrogens is 3. The number of ether oxygens (including phenoxy) is 1. The lowest BCUT2D eigenvalue weighted by atomic mass is 10.1. The summed E-state index contributed by atoms with van der Waals surface area (Å²) in [4.78, 5) is 39.9. The van der Waals surface area contributed by atoms with Gasteiger partial charge >= 0.3 is 11.7 Å². The number of carbonyl (C=O) groups excluding carboxylic acids is 1. The highest BCUT2D eigenvalue weighted by molar-refractivity contribution is 5.94. The van der Waals surface area contributed by atoms with Gasteiger partial charge in [-0.25, -0.2) is 14.6 Å². The van der Waals surface area contributed by atoms with E-state index in [1.54, 1.807) is 13.8 Å². The zero-order valence-electron chi connectivity index (χ0n) is 11.8. The molecule has 2 heterocycles. The fourth-order valence-corrected chi connectivity index (χ4v) is 2.00. The maximum Gasteiger partial charge on any atom is 0.339 e. The van der Waals surface area contributed by atoms with Crippen LogP contribution in [0.3, 0.4) is 0 Å². The number of nitrogens with zero attached hydrogens (tertiary/aromatic N) is 3. The van der Waals surface area contributed by atoms with Crippen LogP contribution in [0.1, 0.15) is 23.0 Å². The number of rotatable bonds is 2. The molecule has 0 saturated heterocycles. The third kappa shape index (κ3) is 2.01. The molecule has 0 fully saturated rings. The second-order valence-electron chi connectivity index (χ2n) is 4.42. The lowest BCUT2D eigenvalue weighted by Crippen LogP contribution is -2.37. The summed E-state index contributed by atoms with van der Waals surface area (Å²) >= 11 is 0. The molecule has 7 nitrogen and oxygen atoms in total. The van der Waals surface area contributed by atoms with Crippen molar-refractivity contribution in [2.75, 3.05) is 6.61 Å². The number of pyridine rings is 1. The summed E-state index contributed by atoms with van der Waals surface area (Å²) in [5.41, 5.74) is -0.0441.